The first kappa shape index (κ1) is 17.9. The molecule has 0 aliphatic carbocycles. The third-order valence-corrected chi connectivity index (χ3v) is 5.39. The summed E-state index contributed by atoms with van der Waals surface area (Å²) in [7, 11) is -3.64. The second-order valence-electron chi connectivity index (χ2n) is 6.13. The molecule has 3 rings (SSSR count). The zero-order valence-corrected chi connectivity index (χ0v) is 15.5. The molecular formula is C20H21N3O2S. The van der Waals surface area contributed by atoms with Crippen molar-refractivity contribution < 1.29 is 8.42 Å². The molecule has 1 aromatic heterocycles. The number of rotatable bonds is 6. The van der Waals surface area contributed by atoms with Crippen molar-refractivity contribution in [2.45, 2.75) is 24.8 Å². The van der Waals surface area contributed by atoms with Crippen LogP contribution in [0.2, 0.25) is 0 Å². The standard InChI is InChI=1S/C20H21N3O2S/c1-15-8-11-19(12-9-15)26(24,25)23-20-13-10-18(14-21-20)22-16(2)17-6-4-3-5-7-17/h3-14,16,22H,1-2H3,(H,21,23). The third-order valence-electron chi connectivity index (χ3n) is 4.02. The van der Waals surface area contributed by atoms with E-state index in [1.807, 2.05) is 25.1 Å². The van der Waals surface area contributed by atoms with Crippen LogP contribution in [0.5, 0.6) is 0 Å². The van der Waals surface area contributed by atoms with Crippen molar-refractivity contribution in [2.75, 3.05) is 10.0 Å². The maximum atomic E-state index is 12.4. The molecule has 1 atom stereocenters. The number of aryl methyl sites for hydroxylation is 1. The molecule has 134 valence electrons. The van der Waals surface area contributed by atoms with Crippen LogP contribution in [0.3, 0.4) is 0 Å². The Balaban J connectivity index is 1.68. The van der Waals surface area contributed by atoms with Crippen molar-refractivity contribution in [2.24, 2.45) is 0 Å². The first-order valence-electron chi connectivity index (χ1n) is 8.31. The van der Waals surface area contributed by atoms with Gasteiger partial charge in [0.05, 0.1) is 16.8 Å². The average molecular weight is 367 g/mol. The number of sulfonamides is 1. The van der Waals surface area contributed by atoms with Gasteiger partial charge in [0.1, 0.15) is 5.82 Å². The average Bonchev–Trinajstić information content (AvgIpc) is 2.64. The lowest BCUT2D eigenvalue weighted by Crippen LogP contribution is -2.14. The minimum Gasteiger partial charge on any atom is -0.377 e. The highest BCUT2D eigenvalue weighted by Crippen LogP contribution is 2.20. The Morgan fingerprint density at radius 3 is 2.23 bits per heavy atom. The molecule has 0 aliphatic heterocycles. The van der Waals surface area contributed by atoms with E-state index in [1.54, 1.807) is 42.6 Å². The summed E-state index contributed by atoms with van der Waals surface area (Å²) in [6, 6.07) is 20.3. The molecular weight excluding hydrogens is 346 g/mol. The number of nitrogens with one attached hydrogen (secondary N) is 2. The Morgan fingerprint density at radius 1 is 0.923 bits per heavy atom. The van der Waals surface area contributed by atoms with Crippen LogP contribution in [-0.2, 0) is 10.0 Å². The Morgan fingerprint density at radius 2 is 1.62 bits per heavy atom. The molecule has 0 radical (unpaired) electrons. The lowest BCUT2D eigenvalue weighted by Gasteiger charge is -2.15. The highest BCUT2D eigenvalue weighted by atomic mass is 32.2. The van der Waals surface area contributed by atoms with Gasteiger partial charge in [-0.3, -0.25) is 4.72 Å². The van der Waals surface area contributed by atoms with Crippen LogP contribution in [0, 0.1) is 6.92 Å². The summed E-state index contributed by atoms with van der Waals surface area (Å²) in [5.74, 6) is 0.281. The molecule has 0 fully saturated rings. The van der Waals surface area contributed by atoms with Crippen LogP contribution in [0.25, 0.3) is 0 Å². The van der Waals surface area contributed by atoms with E-state index >= 15 is 0 Å². The highest BCUT2D eigenvalue weighted by molar-refractivity contribution is 7.92. The zero-order valence-electron chi connectivity index (χ0n) is 14.7. The summed E-state index contributed by atoms with van der Waals surface area (Å²) >= 11 is 0. The van der Waals surface area contributed by atoms with Crippen LogP contribution < -0.4 is 10.0 Å². The van der Waals surface area contributed by atoms with E-state index in [0.717, 1.165) is 16.8 Å². The molecule has 1 heterocycles. The number of anilines is 2. The summed E-state index contributed by atoms with van der Waals surface area (Å²) in [4.78, 5) is 4.41. The Labute approximate surface area is 154 Å². The molecule has 0 bridgehead atoms. The number of aromatic nitrogens is 1. The van der Waals surface area contributed by atoms with Gasteiger partial charge >= 0.3 is 0 Å². The largest absolute Gasteiger partial charge is 0.377 e. The molecule has 26 heavy (non-hydrogen) atoms. The monoisotopic (exact) mass is 367 g/mol. The fourth-order valence-electron chi connectivity index (χ4n) is 2.53. The van der Waals surface area contributed by atoms with E-state index < -0.39 is 10.0 Å². The number of hydrogen-bond donors (Lipinski definition) is 2. The van der Waals surface area contributed by atoms with E-state index in [9.17, 15) is 8.42 Å². The molecule has 2 aromatic carbocycles. The number of pyridine rings is 1. The van der Waals surface area contributed by atoms with Crippen molar-refractivity contribution in [3.63, 3.8) is 0 Å². The van der Waals surface area contributed by atoms with Crippen molar-refractivity contribution in [3.8, 4) is 0 Å². The van der Waals surface area contributed by atoms with Gasteiger partial charge in [0.2, 0.25) is 0 Å². The van der Waals surface area contributed by atoms with Gasteiger partial charge in [-0.25, -0.2) is 13.4 Å². The van der Waals surface area contributed by atoms with Crippen molar-refractivity contribution in [1.29, 1.82) is 0 Å². The summed E-state index contributed by atoms with van der Waals surface area (Å²) in [6.07, 6.45) is 1.62. The molecule has 1 unspecified atom stereocenters. The maximum absolute atomic E-state index is 12.4. The van der Waals surface area contributed by atoms with E-state index in [2.05, 4.69) is 34.1 Å². The highest BCUT2D eigenvalue weighted by Gasteiger charge is 2.14. The van der Waals surface area contributed by atoms with Crippen LogP contribution >= 0.6 is 0 Å². The fourth-order valence-corrected chi connectivity index (χ4v) is 3.54. The van der Waals surface area contributed by atoms with Gasteiger partial charge in [-0.05, 0) is 43.7 Å². The topological polar surface area (TPSA) is 71.1 Å². The summed E-state index contributed by atoms with van der Waals surface area (Å²) in [5.41, 5.74) is 2.99. The smallest absolute Gasteiger partial charge is 0.263 e. The van der Waals surface area contributed by atoms with Crippen molar-refractivity contribution >= 4 is 21.5 Å². The van der Waals surface area contributed by atoms with Gasteiger partial charge in [-0.15, -0.1) is 0 Å². The van der Waals surface area contributed by atoms with Gasteiger partial charge in [-0.1, -0.05) is 48.0 Å². The third kappa shape index (κ3) is 4.40. The predicted octanol–water partition coefficient (Wildman–Crippen LogP) is 4.36. The molecule has 0 saturated heterocycles. The van der Waals surface area contributed by atoms with Gasteiger partial charge in [0.15, 0.2) is 0 Å². The molecule has 5 nitrogen and oxygen atoms in total. The Bertz CT molecular complexity index is 954. The molecule has 0 spiro atoms. The second-order valence-corrected chi connectivity index (χ2v) is 7.81. The molecule has 0 saturated carbocycles. The molecule has 3 aromatic rings. The number of benzene rings is 2. The first-order chi connectivity index (χ1) is 12.4. The minimum absolute atomic E-state index is 0.119. The van der Waals surface area contributed by atoms with E-state index in [1.165, 1.54) is 0 Å². The quantitative estimate of drug-likeness (QED) is 0.679. The molecule has 6 heteroatoms. The molecule has 2 N–H and O–H groups in total. The van der Waals surface area contributed by atoms with Crippen LogP contribution in [0.1, 0.15) is 24.1 Å². The van der Waals surface area contributed by atoms with Gasteiger partial charge < -0.3 is 5.32 Å². The van der Waals surface area contributed by atoms with E-state index in [0.29, 0.717) is 0 Å². The SMILES string of the molecule is Cc1ccc(S(=O)(=O)Nc2ccc(NC(C)c3ccccc3)cn2)cc1. The maximum Gasteiger partial charge on any atom is 0.263 e. The lowest BCUT2D eigenvalue weighted by atomic mass is 10.1. The van der Waals surface area contributed by atoms with Crippen molar-refractivity contribution in [1.82, 2.24) is 4.98 Å². The summed E-state index contributed by atoms with van der Waals surface area (Å²) in [5, 5.41) is 3.35. The predicted molar refractivity (Wildman–Crippen MR) is 105 cm³/mol. The Kier molecular flexibility index (Phi) is 5.23. The van der Waals surface area contributed by atoms with Crippen molar-refractivity contribution in [3.05, 3.63) is 84.1 Å². The summed E-state index contributed by atoms with van der Waals surface area (Å²) in [6.45, 7) is 3.97. The van der Waals surface area contributed by atoms with Gasteiger partial charge in [0.25, 0.3) is 10.0 Å². The summed E-state index contributed by atoms with van der Waals surface area (Å²) < 4.78 is 27.3. The van der Waals surface area contributed by atoms with Gasteiger partial charge in [-0.2, -0.15) is 0 Å². The normalized spacial score (nSPS) is 12.4. The number of hydrogen-bond acceptors (Lipinski definition) is 4. The van der Waals surface area contributed by atoms with Crippen LogP contribution in [0.4, 0.5) is 11.5 Å². The van der Waals surface area contributed by atoms with Crippen LogP contribution in [0.15, 0.2) is 77.8 Å². The van der Waals surface area contributed by atoms with Crippen LogP contribution in [-0.4, -0.2) is 13.4 Å². The zero-order chi connectivity index (χ0) is 18.6. The minimum atomic E-state index is -3.64. The lowest BCUT2D eigenvalue weighted by molar-refractivity contribution is 0.601. The second kappa shape index (κ2) is 7.58. The van der Waals surface area contributed by atoms with E-state index in [-0.39, 0.29) is 16.8 Å². The first-order valence-corrected chi connectivity index (χ1v) is 9.79. The molecule has 0 amide bonds. The fraction of sp³-hybridized carbons (Fsp3) is 0.150. The Hall–Kier alpha value is -2.86. The van der Waals surface area contributed by atoms with Gasteiger partial charge in [0, 0.05) is 6.04 Å². The number of nitrogens with zero attached hydrogens (tertiary/aromatic N) is 1. The van der Waals surface area contributed by atoms with E-state index in [4.69, 9.17) is 0 Å². The molecule has 0 aliphatic rings.